The number of carbonyl (C=O) groups excluding carboxylic acids is 2. The van der Waals surface area contributed by atoms with Gasteiger partial charge in [0.2, 0.25) is 11.8 Å². The van der Waals surface area contributed by atoms with Crippen molar-refractivity contribution < 1.29 is 19.1 Å². The molecule has 0 saturated carbocycles. The molecule has 2 amide bonds. The van der Waals surface area contributed by atoms with Crippen LogP contribution in [0.3, 0.4) is 0 Å². The summed E-state index contributed by atoms with van der Waals surface area (Å²) in [6, 6.07) is 23.2. The van der Waals surface area contributed by atoms with Crippen molar-refractivity contribution in [3.8, 4) is 22.6 Å². The van der Waals surface area contributed by atoms with Crippen LogP contribution in [0.5, 0.6) is 11.5 Å². The molecule has 1 atom stereocenters. The molecule has 1 fully saturated rings. The molecule has 0 aliphatic carbocycles. The average molecular weight is 431 g/mol. The number of amides is 2. The molecule has 3 aromatic rings. The fourth-order valence-electron chi connectivity index (χ4n) is 3.96. The first-order chi connectivity index (χ1) is 15.6. The summed E-state index contributed by atoms with van der Waals surface area (Å²) in [5.74, 6) is 1.04. The van der Waals surface area contributed by atoms with Gasteiger partial charge in [-0.1, -0.05) is 54.6 Å². The molecule has 6 nitrogen and oxygen atoms in total. The summed E-state index contributed by atoms with van der Waals surface area (Å²) in [5.41, 5.74) is 3.91. The van der Waals surface area contributed by atoms with Gasteiger partial charge in [-0.25, -0.2) is 0 Å². The van der Waals surface area contributed by atoms with Crippen LogP contribution in [0.1, 0.15) is 12.0 Å². The van der Waals surface area contributed by atoms with Crippen LogP contribution >= 0.6 is 0 Å². The number of hydrogen-bond donors (Lipinski definition) is 1. The smallest absolute Gasteiger partial charge is 0.229 e. The molecule has 6 heteroatoms. The Labute approximate surface area is 187 Å². The van der Waals surface area contributed by atoms with E-state index in [1.54, 1.807) is 31.3 Å². The molecule has 1 aliphatic rings. The van der Waals surface area contributed by atoms with Crippen molar-refractivity contribution in [2.75, 3.05) is 25.7 Å². The molecule has 0 radical (unpaired) electrons. The largest absolute Gasteiger partial charge is 0.493 e. The first kappa shape index (κ1) is 21.4. The third-order valence-corrected chi connectivity index (χ3v) is 5.59. The van der Waals surface area contributed by atoms with Gasteiger partial charge in [0.15, 0.2) is 11.5 Å². The topological polar surface area (TPSA) is 67.9 Å². The van der Waals surface area contributed by atoms with Gasteiger partial charge in [0.1, 0.15) is 0 Å². The third kappa shape index (κ3) is 4.75. The highest BCUT2D eigenvalue weighted by Gasteiger charge is 2.32. The molecule has 1 heterocycles. The molecule has 32 heavy (non-hydrogen) atoms. The second-order valence-corrected chi connectivity index (χ2v) is 7.75. The zero-order valence-electron chi connectivity index (χ0n) is 18.2. The maximum absolute atomic E-state index is 12.6. The van der Waals surface area contributed by atoms with E-state index in [1.165, 1.54) is 0 Å². The van der Waals surface area contributed by atoms with E-state index in [1.807, 2.05) is 48.5 Å². The Morgan fingerprint density at radius 2 is 1.62 bits per heavy atom. The molecule has 0 unspecified atom stereocenters. The number of hydrogen-bond acceptors (Lipinski definition) is 4. The summed E-state index contributed by atoms with van der Waals surface area (Å²) in [6.45, 7) is 0.424. The van der Waals surface area contributed by atoms with Crippen molar-refractivity contribution in [3.63, 3.8) is 0 Å². The number of nitrogens with one attached hydrogen (secondary N) is 1. The zero-order valence-corrected chi connectivity index (χ0v) is 18.2. The van der Waals surface area contributed by atoms with Gasteiger partial charge >= 0.3 is 0 Å². The Bertz CT molecular complexity index is 1100. The number of benzene rings is 3. The second kappa shape index (κ2) is 9.56. The normalized spacial score (nSPS) is 15.5. The molecule has 1 aliphatic heterocycles. The maximum atomic E-state index is 12.6. The van der Waals surface area contributed by atoms with Crippen molar-refractivity contribution in [1.29, 1.82) is 0 Å². The van der Waals surface area contributed by atoms with Crippen molar-refractivity contribution in [1.82, 2.24) is 5.32 Å². The summed E-state index contributed by atoms with van der Waals surface area (Å²) in [4.78, 5) is 26.8. The summed E-state index contributed by atoms with van der Waals surface area (Å²) in [6.07, 6.45) is 0.545. The lowest BCUT2D eigenvalue weighted by molar-refractivity contribution is -0.121. The van der Waals surface area contributed by atoms with Gasteiger partial charge < -0.3 is 19.7 Å². The molecular weight excluding hydrogens is 404 g/mol. The highest BCUT2D eigenvalue weighted by Crippen LogP contribution is 2.33. The van der Waals surface area contributed by atoms with E-state index >= 15 is 0 Å². The van der Waals surface area contributed by atoms with Crippen LogP contribution in [0.2, 0.25) is 0 Å². The van der Waals surface area contributed by atoms with E-state index in [0.717, 1.165) is 22.4 Å². The molecule has 164 valence electrons. The highest BCUT2D eigenvalue weighted by molar-refractivity contribution is 5.97. The van der Waals surface area contributed by atoms with E-state index in [2.05, 4.69) is 17.4 Å². The van der Waals surface area contributed by atoms with Crippen LogP contribution < -0.4 is 19.7 Å². The number of carbonyl (C=O) groups is 2. The first-order valence-corrected chi connectivity index (χ1v) is 10.5. The molecule has 0 spiro atoms. The van der Waals surface area contributed by atoms with E-state index < -0.39 is 0 Å². The number of rotatable bonds is 7. The highest BCUT2D eigenvalue weighted by atomic mass is 16.5. The molecule has 1 saturated heterocycles. The lowest BCUT2D eigenvalue weighted by Crippen LogP contribution is -2.38. The van der Waals surface area contributed by atoms with E-state index in [-0.39, 0.29) is 30.7 Å². The van der Waals surface area contributed by atoms with Gasteiger partial charge in [-0.05, 0) is 28.8 Å². The van der Waals surface area contributed by atoms with E-state index in [4.69, 9.17) is 9.47 Å². The van der Waals surface area contributed by atoms with Crippen molar-refractivity contribution >= 4 is 17.5 Å². The molecular formula is C26H26N2O4. The van der Waals surface area contributed by atoms with Crippen LogP contribution in [0.15, 0.2) is 72.8 Å². The summed E-state index contributed by atoms with van der Waals surface area (Å²) < 4.78 is 10.6. The number of nitrogens with zero attached hydrogens (tertiary/aromatic N) is 1. The Kier molecular flexibility index (Phi) is 6.40. The fourth-order valence-corrected chi connectivity index (χ4v) is 3.96. The van der Waals surface area contributed by atoms with E-state index in [9.17, 15) is 9.59 Å². The van der Waals surface area contributed by atoms with Crippen molar-refractivity contribution in [2.24, 2.45) is 0 Å². The predicted molar refractivity (Wildman–Crippen MR) is 124 cm³/mol. The Hall–Kier alpha value is -3.80. The van der Waals surface area contributed by atoms with Gasteiger partial charge in [-0.3, -0.25) is 9.59 Å². The maximum Gasteiger partial charge on any atom is 0.229 e. The summed E-state index contributed by atoms with van der Waals surface area (Å²) in [5, 5.41) is 3.00. The van der Waals surface area contributed by atoms with Gasteiger partial charge in [-0.2, -0.15) is 0 Å². The predicted octanol–water partition coefficient (Wildman–Crippen LogP) is 3.84. The molecule has 3 aromatic carbocycles. The van der Waals surface area contributed by atoms with Crippen molar-refractivity contribution in [3.05, 3.63) is 78.4 Å². The third-order valence-electron chi connectivity index (χ3n) is 5.59. The second-order valence-electron chi connectivity index (χ2n) is 7.75. The van der Waals surface area contributed by atoms with Crippen LogP contribution in [0.4, 0.5) is 5.69 Å². The summed E-state index contributed by atoms with van der Waals surface area (Å²) in [7, 11) is 3.13. The van der Waals surface area contributed by atoms with Crippen molar-refractivity contribution in [2.45, 2.75) is 18.9 Å². The number of methoxy groups -OCH3 is 2. The monoisotopic (exact) mass is 430 g/mol. The minimum Gasteiger partial charge on any atom is -0.493 e. The van der Waals surface area contributed by atoms with Crippen LogP contribution in [-0.2, 0) is 16.0 Å². The molecule has 0 aromatic heterocycles. The van der Waals surface area contributed by atoms with Crippen LogP contribution in [0.25, 0.3) is 11.1 Å². The number of ether oxygens (including phenoxy) is 2. The lowest BCUT2D eigenvalue weighted by Gasteiger charge is -2.19. The average Bonchev–Trinajstić information content (AvgIpc) is 3.19. The molecule has 1 N–H and O–H groups in total. The fraction of sp³-hybridized carbons (Fsp3) is 0.231. The summed E-state index contributed by atoms with van der Waals surface area (Å²) >= 11 is 0. The van der Waals surface area contributed by atoms with Gasteiger partial charge in [0.25, 0.3) is 0 Å². The Balaban J connectivity index is 1.36. The minimum absolute atomic E-state index is 0.0327. The molecule has 0 bridgehead atoms. The SMILES string of the molecule is COc1ccc(N2C[C@H](NC(=O)Cc3ccc(-c4ccccc4)cc3)CC2=O)cc1OC. The first-order valence-electron chi connectivity index (χ1n) is 10.5. The standard InChI is InChI=1S/C26H26N2O4/c1-31-23-13-12-22(16-24(23)32-2)28-17-21(15-26(28)30)27-25(29)14-18-8-10-20(11-9-18)19-6-4-3-5-7-19/h3-13,16,21H,14-15,17H2,1-2H3,(H,27,29)/t21-/m1/s1. The quantitative estimate of drug-likeness (QED) is 0.619. The van der Waals surface area contributed by atoms with Gasteiger partial charge in [-0.15, -0.1) is 0 Å². The Morgan fingerprint density at radius 3 is 2.31 bits per heavy atom. The number of anilines is 1. The molecule has 4 rings (SSSR count). The Morgan fingerprint density at radius 1 is 0.938 bits per heavy atom. The van der Waals surface area contributed by atoms with Gasteiger partial charge in [0.05, 0.1) is 26.7 Å². The van der Waals surface area contributed by atoms with Crippen LogP contribution in [-0.4, -0.2) is 38.6 Å². The van der Waals surface area contributed by atoms with Gasteiger partial charge in [0, 0.05) is 24.7 Å². The van der Waals surface area contributed by atoms with Crippen LogP contribution in [0, 0.1) is 0 Å². The lowest BCUT2D eigenvalue weighted by atomic mass is 10.0. The minimum atomic E-state index is -0.230. The van der Waals surface area contributed by atoms with E-state index in [0.29, 0.717) is 18.0 Å². The zero-order chi connectivity index (χ0) is 22.5.